The number of halogens is 1. The normalized spacial score (nSPS) is 15.2. The van der Waals surface area contributed by atoms with Crippen LogP contribution in [-0.4, -0.2) is 29.4 Å². The summed E-state index contributed by atoms with van der Waals surface area (Å²) in [7, 11) is 0. The number of aromatic nitrogens is 1. The van der Waals surface area contributed by atoms with Crippen LogP contribution >= 0.6 is 0 Å². The van der Waals surface area contributed by atoms with Gasteiger partial charge in [-0.1, -0.05) is 48.5 Å². The Labute approximate surface area is 189 Å². The summed E-state index contributed by atoms with van der Waals surface area (Å²) in [5, 5.41) is 0. The van der Waals surface area contributed by atoms with Crippen LogP contribution in [0.5, 0.6) is 0 Å². The van der Waals surface area contributed by atoms with Crippen LogP contribution in [0.4, 0.5) is 10.2 Å². The Hall–Kier alpha value is -3.05. The van der Waals surface area contributed by atoms with Crippen LogP contribution in [0.2, 0.25) is 0 Å². The molecule has 2 unspecified atom stereocenters. The maximum absolute atomic E-state index is 13.5. The minimum absolute atomic E-state index is 0.0438. The third-order valence-electron chi connectivity index (χ3n) is 6.15. The molecule has 32 heavy (non-hydrogen) atoms. The number of rotatable bonds is 10. The molecule has 4 nitrogen and oxygen atoms in total. The number of ketones is 1. The van der Waals surface area contributed by atoms with Crippen molar-refractivity contribution in [2.24, 2.45) is 5.73 Å². The fraction of sp³-hybridized carbons (Fsp3) is 0.333. The van der Waals surface area contributed by atoms with Crippen LogP contribution in [0.3, 0.4) is 0 Å². The molecule has 2 atom stereocenters. The van der Waals surface area contributed by atoms with E-state index in [0.717, 1.165) is 29.1 Å². The van der Waals surface area contributed by atoms with Gasteiger partial charge in [-0.25, -0.2) is 9.37 Å². The monoisotopic (exact) mass is 431 g/mol. The first-order valence-corrected chi connectivity index (χ1v) is 11.4. The highest BCUT2D eigenvalue weighted by atomic mass is 19.1. The Balaban J connectivity index is 1.54. The van der Waals surface area contributed by atoms with Crippen LogP contribution in [0.25, 0.3) is 0 Å². The van der Waals surface area contributed by atoms with Gasteiger partial charge in [-0.2, -0.15) is 0 Å². The number of benzene rings is 2. The summed E-state index contributed by atoms with van der Waals surface area (Å²) in [6, 6.07) is 20.0. The first-order valence-electron chi connectivity index (χ1n) is 11.4. The number of hydrogen-bond acceptors (Lipinski definition) is 4. The molecule has 0 aliphatic heterocycles. The summed E-state index contributed by atoms with van der Waals surface area (Å²) >= 11 is 0. The van der Waals surface area contributed by atoms with E-state index in [1.807, 2.05) is 48.7 Å². The zero-order chi connectivity index (χ0) is 22.5. The average molecular weight is 432 g/mol. The summed E-state index contributed by atoms with van der Waals surface area (Å²) in [6.45, 7) is 3.08. The quantitative estimate of drug-likeness (QED) is 0.507. The van der Waals surface area contributed by atoms with E-state index < -0.39 is 12.0 Å². The second-order valence-electron chi connectivity index (χ2n) is 8.55. The molecule has 1 aliphatic carbocycles. The molecule has 2 N–H and O–H groups in total. The minimum Gasteiger partial charge on any atom is -0.354 e. The van der Waals surface area contributed by atoms with Gasteiger partial charge in [0.2, 0.25) is 0 Å². The molecule has 4 rings (SSSR count). The van der Waals surface area contributed by atoms with Crippen LogP contribution in [0, 0.1) is 5.82 Å². The number of carbonyl (C=O) groups is 1. The first kappa shape index (κ1) is 22.2. The number of hydrogen-bond donors (Lipinski definition) is 1. The van der Waals surface area contributed by atoms with Crippen molar-refractivity contribution < 1.29 is 9.18 Å². The molecular weight excluding hydrogens is 401 g/mol. The Morgan fingerprint density at radius 3 is 2.34 bits per heavy atom. The van der Waals surface area contributed by atoms with Gasteiger partial charge < -0.3 is 10.6 Å². The Kier molecular flexibility index (Phi) is 6.96. The van der Waals surface area contributed by atoms with E-state index in [1.54, 1.807) is 12.1 Å². The molecule has 0 amide bonds. The van der Waals surface area contributed by atoms with Crippen LogP contribution < -0.4 is 10.6 Å². The van der Waals surface area contributed by atoms with Crippen molar-refractivity contribution in [3.05, 3.63) is 95.4 Å². The molecule has 3 aromatic rings. The van der Waals surface area contributed by atoms with Gasteiger partial charge in [0, 0.05) is 24.7 Å². The molecule has 1 heterocycles. The Morgan fingerprint density at radius 2 is 1.75 bits per heavy atom. The standard InChI is InChI=1S/C27H30FN3O/c1-2-31(23-13-14-23)26-15-8-20(18-30-26)16-24(21-9-11-22(28)12-10-21)27(32)25(29)17-19-6-4-3-5-7-19/h3-12,15,18,23-25H,2,13-14,16-17,29H2,1H3. The zero-order valence-electron chi connectivity index (χ0n) is 18.5. The number of nitrogens with zero attached hydrogens (tertiary/aromatic N) is 2. The van der Waals surface area contributed by atoms with E-state index in [2.05, 4.69) is 16.8 Å². The second-order valence-corrected chi connectivity index (χ2v) is 8.55. The topological polar surface area (TPSA) is 59.2 Å². The van der Waals surface area contributed by atoms with E-state index >= 15 is 0 Å². The number of nitrogens with two attached hydrogens (primary N) is 1. The van der Waals surface area contributed by atoms with Crippen LogP contribution in [0.15, 0.2) is 72.9 Å². The van der Waals surface area contributed by atoms with Gasteiger partial charge in [-0.3, -0.25) is 4.79 Å². The van der Waals surface area contributed by atoms with E-state index in [0.29, 0.717) is 18.9 Å². The summed E-state index contributed by atoms with van der Waals surface area (Å²) in [5.41, 5.74) is 9.12. The zero-order valence-corrected chi connectivity index (χ0v) is 18.5. The average Bonchev–Trinajstić information content (AvgIpc) is 3.65. The molecule has 2 aromatic carbocycles. The van der Waals surface area contributed by atoms with Crippen molar-refractivity contribution in [1.29, 1.82) is 0 Å². The Morgan fingerprint density at radius 1 is 1.03 bits per heavy atom. The third-order valence-corrected chi connectivity index (χ3v) is 6.15. The van der Waals surface area contributed by atoms with Crippen molar-refractivity contribution >= 4 is 11.6 Å². The summed E-state index contributed by atoms with van der Waals surface area (Å²) < 4.78 is 13.5. The SMILES string of the molecule is CCN(c1ccc(CC(C(=O)C(N)Cc2ccccc2)c2ccc(F)cc2)cn1)C1CC1. The maximum Gasteiger partial charge on any atom is 0.157 e. The first-order chi connectivity index (χ1) is 15.5. The third kappa shape index (κ3) is 5.40. The van der Waals surface area contributed by atoms with Crippen molar-refractivity contribution in [2.45, 2.75) is 50.6 Å². The van der Waals surface area contributed by atoms with Crippen molar-refractivity contribution in [3.8, 4) is 0 Å². The Bertz CT molecular complexity index is 1020. The van der Waals surface area contributed by atoms with Crippen molar-refractivity contribution in [2.75, 3.05) is 11.4 Å². The highest BCUT2D eigenvalue weighted by molar-refractivity contribution is 5.90. The van der Waals surface area contributed by atoms with Crippen LogP contribution in [-0.2, 0) is 17.6 Å². The maximum atomic E-state index is 13.5. The molecular formula is C27H30FN3O. The highest BCUT2D eigenvalue weighted by Crippen LogP contribution is 2.31. The molecule has 1 fully saturated rings. The lowest BCUT2D eigenvalue weighted by Gasteiger charge is -2.23. The largest absolute Gasteiger partial charge is 0.354 e. The molecule has 0 bridgehead atoms. The van der Waals surface area contributed by atoms with E-state index in [1.165, 1.54) is 25.0 Å². The van der Waals surface area contributed by atoms with Crippen molar-refractivity contribution in [1.82, 2.24) is 4.98 Å². The molecule has 0 saturated heterocycles. The van der Waals surface area contributed by atoms with Gasteiger partial charge in [0.1, 0.15) is 11.6 Å². The van der Waals surface area contributed by atoms with Gasteiger partial charge in [0.15, 0.2) is 5.78 Å². The van der Waals surface area contributed by atoms with Gasteiger partial charge in [0.05, 0.1) is 6.04 Å². The van der Waals surface area contributed by atoms with Gasteiger partial charge >= 0.3 is 0 Å². The summed E-state index contributed by atoms with van der Waals surface area (Å²) in [6.07, 6.45) is 5.25. The summed E-state index contributed by atoms with van der Waals surface area (Å²) in [4.78, 5) is 20.4. The van der Waals surface area contributed by atoms with E-state index in [9.17, 15) is 9.18 Å². The van der Waals surface area contributed by atoms with Gasteiger partial charge in [-0.15, -0.1) is 0 Å². The number of anilines is 1. The molecule has 1 aliphatic rings. The molecule has 1 aromatic heterocycles. The van der Waals surface area contributed by atoms with E-state index in [4.69, 9.17) is 5.73 Å². The number of Topliss-reactive ketones (excluding diaryl/α,β-unsaturated/α-hetero) is 1. The fourth-order valence-corrected chi connectivity index (χ4v) is 4.24. The predicted molar refractivity (Wildman–Crippen MR) is 126 cm³/mol. The molecule has 1 saturated carbocycles. The van der Waals surface area contributed by atoms with Crippen LogP contribution in [0.1, 0.15) is 42.4 Å². The molecule has 166 valence electrons. The minimum atomic E-state index is -0.634. The fourth-order valence-electron chi connectivity index (χ4n) is 4.24. The number of pyridine rings is 1. The molecule has 0 radical (unpaired) electrons. The van der Waals surface area contributed by atoms with Crippen molar-refractivity contribution in [3.63, 3.8) is 0 Å². The molecule has 0 spiro atoms. The highest BCUT2D eigenvalue weighted by Gasteiger charge is 2.29. The number of carbonyl (C=O) groups excluding carboxylic acids is 1. The van der Waals surface area contributed by atoms with Gasteiger partial charge in [0.25, 0.3) is 0 Å². The van der Waals surface area contributed by atoms with Gasteiger partial charge in [-0.05, 0) is 67.5 Å². The second kappa shape index (κ2) is 10.0. The smallest absolute Gasteiger partial charge is 0.157 e. The molecule has 5 heteroatoms. The predicted octanol–water partition coefficient (Wildman–Crippen LogP) is 4.67. The lowest BCUT2D eigenvalue weighted by Crippen LogP contribution is -2.37. The van der Waals surface area contributed by atoms with E-state index in [-0.39, 0.29) is 11.6 Å². The lowest BCUT2D eigenvalue weighted by atomic mass is 9.84. The lowest BCUT2D eigenvalue weighted by molar-refractivity contribution is -0.121. The summed E-state index contributed by atoms with van der Waals surface area (Å²) in [5.74, 6) is 0.161.